The minimum absolute atomic E-state index is 0.0170. The Labute approximate surface area is 142 Å². The number of anilines is 2. The fourth-order valence-corrected chi connectivity index (χ4v) is 2.20. The zero-order chi connectivity index (χ0) is 17.8. The van der Waals surface area contributed by atoms with Crippen molar-refractivity contribution in [1.29, 1.82) is 0 Å². The van der Waals surface area contributed by atoms with E-state index in [1.54, 1.807) is 28.9 Å². The number of benzene rings is 2. The van der Waals surface area contributed by atoms with Crippen LogP contribution in [0, 0.1) is 5.82 Å². The highest BCUT2D eigenvalue weighted by Gasteiger charge is 2.11. The van der Waals surface area contributed by atoms with Crippen molar-refractivity contribution < 1.29 is 14.0 Å². The van der Waals surface area contributed by atoms with Gasteiger partial charge in [0, 0.05) is 18.2 Å². The predicted molar refractivity (Wildman–Crippen MR) is 90.0 cm³/mol. The zero-order valence-corrected chi connectivity index (χ0v) is 13.2. The van der Waals surface area contributed by atoms with Gasteiger partial charge in [-0.2, -0.15) is 5.10 Å². The van der Waals surface area contributed by atoms with Crippen LogP contribution in [0.1, 0.15) is 17.3 Å². The molecule has 0 saturated carbocycles. The summed E-state index contributed by atoms with van der Waals surface area (Å²) < 4.78 is 15.4. The van der Waals surface area contributed by atoms with E-state index in [9.17, 15) is 14.0 Å². The van der Waals surface area contributed by atoms with E-state index in [4.69, 9.17) is 0 Å². The third kappa shape index (κ3) is 3.86. The van der Waals surface area contributed by atoms with Crippen LogP contribution in [-0.2, 0) is 4.79 Å². The Morgan fingerprint density at radius 3 is 2.48 bits per heavy atom. The lowest BCUT2D eigenvalue weighted by Gasteiger charge is -2.09. The molecule has 0 atom stereocenters. The minimum Gasteiger partial charge on any atom is -0.326 e. The van der Waals surface area contributed by atoms with Gasteiger partial charge in [-0.15, -0.1) is 0 Å². The van der Waals surface area contributed by atoms with Gasteiger partial charge in [-0.05, 0) is 42.5 Å². The summed E-state index contributed by atoms with van der Waals surface area (Å²) in [4.78, 5) is 27.2. The van der Waals surface area contributed by atoms with Crippen LogP contribution < -0.4 is 10.6 Å². The van der Waals surface area contributed by atoms with Gasteiger partial charge in [-0.25, -0.2) is 14.1 Å². The van der Waals surface area contributed by atoms with Crippen molar-refractivity contribution in [2.45, 2.75) is 6.92 Å². The highest BCUT2D eigenvalue weighted by molar-refractivity contribution is 6.04. The van der Waals surface area contributed by atoms with Gasteiger partial charge in [0.05, 0.1) is 11.4 Å². The Balaban J connectivity index is 1.77. The van der Waals surface area contributed by atoms with Crippen molar-refractivity contribution in [3.05, 3.63) is 66.5 Å². The van der Waals surface area contributed by atoms with Crippen LogP contribution in [0.25, 0.3) is 5.69 Å². The molecule has 8 heteroatoms. The van der Waals surface area contributed by atoms with Crippen LogP contribution in [-0.4, -0.2) is 26.6 Å². The van der Waals surface area contributed by atoms with E-state index in [2.05, 4.69) is 20.7 Å². The summed E-state index contributed by atoms with van der Waals surface area (Å²) in [6.45, 7) is 1.35. The molecule has 126 valence electrons. The number of nitrogens with one attached hydrogen (secondary N) is 2. The number of nitrogens with zero attached hydrogens (tertiary/aromatic N) is 3. The SMILES string of the molecule is CC(=O)Nc1ccc(F)c(NC(=O)c2ccc(-n3cncn3)cc2)c1. The van der Waals surface area contributed by atoms with E-state index in [1.807, 2.05) is 0 Å². The molecule has 0 bridgehead atoms. The molecule has 0 fully saturated rings. The molecule has 7 nitrogen and oxygen atoms in total. The minimum atomic E-state index is -0.596. The van der Waals surface area contributed by atoms with Crippen LogP contribution >= 0.6 is 0 Å². The summed E-state index contributed by atoms with van der Waals surface area (Å²) in [6.07, 6.45) is 2.95. The monoisotopic (exact) mass is 339 g/mol. The fourth-order valence-electron chi connectivity index (χ4n) is 2.20. The predicted octanol–water partition coefficient (Wildman–Crippen LogP) is 2.62. The molecular formula is C17H14FN5O2. The van der Waals surface area contributed by atoms with Gasteiger partial charge in [0.25, 0.3) is 5.91 Å². The number of hydrogen-bond acceptors (Lipinski definition) is 4. The first-order valence-electron chi connectivity index (χ1n) is 7.36. The van der Waals surface area contributed by atoms with Crippen molar-refractivity contribution in [2.24, 2.45) is 0 Å². The Morgan fingerprint density at radius 1 is 1.08 bits per heavy atom. The van der Waals surface area contributed by atoms with Crippen molar-refractivity contribution in [2.75, 3.05) is 10.6 Å². The largest absolute Gasteiger partial charge is 0.326 e. The Bertz CT molecular complexity index is 907. The molecule has 0 radical (unpaired) electrons. The number of amides is 2. The molecule has 25 heavy (non-hydrogen) atoms. The number of carbonyl (C=O) groups is 2. The number of hydrogen-bond donors (Lipinski definition) is 2. The molecule has 2 N–H and O–H groups in total. The third-order valence-electron chi connectivity index (χ3n) is 3.35. The smallest absolute Gasteiger partial charge is 0.255 e. The zero-order valence-electron chi connectivity index (χ0n) is 13.2. The number of aromatic nitrogens is 3. The Morgan fingerprint density at radius 2 is 1.84 bits per heavy atom. The van der Waals surface area contributed by atoms with Crippen molar-refractivity contribution in [3.8, 4) is 5.69 Å². The first-order chi connectivity index (χ1) is 12.0. The van der Waals surface area contributed by atoms with Crippen molar-refractivity contribution in [3.63, 3.8) is 0 Å². The van der Waals surface area contributed by atoms with Gasteiger partial charge in [0.15, 0.2) is 0 Å². The van der Waals surface area contributed by atoms with Gasteiger partial charge in [-0.1, -0.05) is 0 Å². The fraction of sp³-hybridized carbons (Fsp3) is 0.0588. The number of carbonyl (C=O) groups excluding carboxylic acids is 2. The van der Waals surface area contributed by atoms with Crippen LogP contribution in [0.2, 0.25) is 0 Å². The maximum atomic E-state index is 13.9. The van der Waals surface area contributed by atoms with E-state index >= 15 is 0 Å². The summed E-state index contributed by atoms with van der Waals surface area (Å²) in [7, 11) is 0. The average molecular weight is 339 g/mol. The van der Waals surface area contributed by atoms with E-state index < -0.39 is 11.7 Å². The third-order valence-corrected chi connectivity index (χ3v) is 3.35. The second-order valence-electron chi connectivity index (χ2n) is 5.22. The Hall–Kier alpha value is -3.55. The summed E-state index contributed by atoms with van der Waals surface area (Å²) in [6, 6.07) is 10.6. The second kappa shape index (κ2) is 6.91. The van der Waals surface area contributed by atoms with Gasteiger partial charge >= 0.3 is 0 Å². The van der Waals surface area contributed by atoms with Crippen LogP contribution in [0.3, 0.4) is 0 Å². The summed E-state index contributed by atoms with van der Waals surface area (Å²) >= 11 is 0. The normalized spacial score (nSPS) is 10.3. The van der Waals surface area contributed by atoms with E-state index in [1.165, 1.54) is 37.8 Å². The molecule has 2 amide bonds. The number of rotatable bonds is 4. The molecule has 0 aliphatic heterocycles. The molecule has 1 heterocycles. The second-order valence-corrected chi connectivity index (χ2v) is 5.22. The van der Waals surface area contributed by atoms with E-state index in [0.29, 0.717) is 11.3 Å². The molecule has 3 rings (SSSR count). The van der Waals surface area contributed by atoms with Gasteiger partial charge in [0.1, 0.15) is 18.5 Å². The maximum Gasteiger partial charge on any atom is 0.255 e. The molecule has 0 saturated heterocycles. The van der Waals surface area contributed by atoms with Crippen LogP contribution in [0.4, 0.5) is 15.8 Å². The van der Waals surface area contributed by atoms with Gasteiger partial charge < -0.3 is 10.6 Å². The summed E-state index contributed by atoms with van der Waals surface area (Å²) in [5.74, 6) is -1.35. The standard InChI is InChI=1S/C17H14FN5O2/c1-11(24)21-13-4-7-15(18)16(8-13)22-17(25)12-2-5-14(6-3-12)23-10-19-9-20-23/h2-10H,1H3,(H,21,24)(H,22,25). The first-order valence-corrected chi connectivity index (χ1v) is 7.36. The molecular weight excluding hydrogens is 325 g/mol. The van der Waals surface area contributed by atoms with Gasteiger partial charge in [0.2, 0.25) is 5.91 Å². The topological polar surface area (TPSA) is 88.9 Å². The molecule has 0 aliphatic rings. The number of halogens is 1. The molecule has 0 unspecified atom stereocenters. The molecule has 1 aromatic heterocycles. The highest BCUT2D eigenvalue weighted by atomic mass is 19.1. The average Bonchev–Trinajstić information content (AvgIpc) is 3.12. The first kappa shape index (κ1) is 16.3. The summed E-state index contributed by atoms with van der Waals surface area (Å²) in [5.41, 5.74) is 1.48. The van der Waals surface area contributed by atoms with E-state index in [-0.39, 0.29) is 11.6 Å². The van der Waals surface area contributed by atoms with Crippen molar-refractivity contribution >= 4 is 23.2 Å². The molecule has 0 aliphatic carbocycles. The lowest BCUT2D eigenvalue weighted by atomic mass is 10.2. The Kier molecular flexibility index (Phi) is 4.51. The van der Waals surface area contributed by atoms with Gasteiger partial charge in [-0.3, -0.25) is 9.59 Å². The van der Waals surface area contributed by atoms with E-state index in [0.717, 1.165) is 5.69 Å². The highest BCUT2D eigenvalue weighted by Crippen LogP contribution is 2.20. The maximum absolute atomic E-state index is 13.9. The molecule has 0 spiro atoms. The van der Waals surface area contributed by atoms with Crippen LogP contribution in [0.5, 0.6) is 0 Å². The van der Waals surface area contributed by atoms with Crippen molar-refractivity contribution in [1.82, 2.24) is 14.8 Å². The molecule has 2 aromatic carbocycles. The van der Waals surface area contributed by atoms with Crippen LogP contribution in [0.15, 0.2) is 55.1 Å². The lowest BCUT2D eigenvalue weighted by molar-refractivity contribution is -0.114. The summed E-state index contributed by atoms with van der Waals surface area (Å²) in [5, 5.41) is 9.02. The quantitative estimate of drug-likeness (QED) is 0.765. The molecule has 3 aromatic rings. The lowest BCUT2D eigenvalue weighted by Crippen LogP contribution is -2.14.